The van der Waals surface area contributed by atoms with Crippen molar-refractivity contribution in [2.24, 2.45) is 5.73 Å². The molecule has 1 atom stereocenters. The van der Waals surface area contributed by atoms with Crippen molar-refractivity contribution in [3.63, 3.8) is 0 Å². The maximum atomic E-state index is 12.2. The monoisotopic (exact) mass is 320 g/mol. The molecule has 0 saturated heterocycles. The Morgan fingerprint density at radius 3 is 2.45 bits per heavy atom. The lowest BCUT2D eigenvalue weighted by Crippen LogP contribution is -2.21. The van der Waals surface area contributed by atoms with Gasteiger partial charge in [0.15, 0.2) is 0 Å². The van der Waals surface area contributed by atoms with E-state index in [1.165, 1.54) is 0 Å². The van der Waals surface area contributed by atoms with Crippen molar-refractivity contribution < 1.29 is 9.53 Å². The minimum Gasteiger partial charge on any atom is -0.462 e. The molecule has 2 rings (SSSR count). The van der Waals surface area contributed by atoms with E-state index >= 15 is 0 Å². The maximum absolute atomic E-state index is 12.2. The van der Waals surface area contributed by atoms with E-state index in [2.05, 4.69) is 0 Å². The quantitative estimate of drug-likeness (QED) is 0.849. The van der Waals surface area contributed by atoms with Crippen LogP contribution in [0, 0.1) is 0 Å². The molecule has 1 aromatic heterocycles. The highest BCUT2D eigenvalue weighted by atomic mass is 35.5. The lowest BCUT2D eigenvalue weighted by atomic mass is 10.0. The number of carbonyl (C=O) groups is 1. The predicted octanol–water partition coefficient (Wildman–Crippen LogP) is 3.95. The minimum atomic E-state index is -0.422. The van der Waals surface area contributed by atoms with Gasteiger partial charge in [0, 0.05) is 17.3 Å². The van der Waals surface area contributed by atoms with E-state index in [1.54, 1.807) is 25.1 Å². The fourth-order valence-corrected chi connectivity index (χ4v) is 2.57. The first-order valence-electron chi connectivity index (χ1n) is 7.34. The van der Waals surface area contributed by atoms with Crippen LogP contribution in [0.4, 0.5) is 0 Å². The second kappa shape index (κ2) is 6.99. The van der Waals surface area contributed by atoms with Crippen LogP contribution in [0.3, 0.4) is 0 Å². The van der Waals surface area contributed by atoms with E-state index in [9.17, 15) is 4.79 Å². The molecule has 22 heavy (non-hydrogen) atoms. The van der Waals surface area contributed by atoms with Crippen LogP contribution < -0.4 is 5.73 Å². The van der Waals surface area contributed by atoms with Crippen LogP contribution in [-0.2, 0) is 4.74 Å². The molecule has 0 bridgehead atoms. The summed E-state index contributed by atoms with van der Waals surface area (Å²) in [5.41, 5.74) is 8.58. The number of halogens is 1. The standard InChI is InChI=1S/C17H21ClN2O2/c1-4-22-17(21)14-9-10-20(11(2)3)16(14)15(19)12-5-7-13(18)8-6-12/h5-11,15H,4,19H2,1-3H3. The molecular weight excluding hydrogens is 300 g/mol. The van der Waals surface area contributed by atoms with Gasteiger partial charge >= 0.3 is 5.97 Å². The predicted molar refractivity (Wildman–Crippen MR) is 88.3 cm³/mol. The zero-order valence-corrected chi connectivity index (χ0v) is 13.8. The van der Waals surface area contributed by atoms with Gasteiger partial charge in [-0.1, -0.05) is 23.7 Å². The first-order chi connectivity index (χ1) is 10.5. The first kappa shape index (κ1) is 16.6. The van der Waals surface area contributed by atoms with Gasteiger partial charge in [-0.2, -0.15) is 0 Å². The van der Waals surface area contributed by atoms with Gasteiger partial charge in [-0.05, 0) is 44.5 Å². The number of carbonyl (C=O) groups excluding carboxylic acids is 1. The largest absolute Gasteiger partial charge is 0.462 e. The van der Waals surface area contributed by atoms with E-state index in [0.717, 1.165) is 11.3 Å². The Morgan fingerprint density at radius 1 is 1.27 bits per heavy atom. The number of aromatic nitrogens is 1. The van der Waals surface area contributed by atoms with Crippen LogP contribution in [0.15, 0.2) is 36.5 Å². The summed E-state index contributed by atoms with van der Waals surface area (Å²) in [6.45, 7) is 6.22. The molecule has 5 heteroatoms. The van der Waals surface area contributed by atoms with Crippen molar-refractivity contribution in [3.8, 4) is 0 Å². The Bertz CT molecular complexity index is 647. The second-order valence-electron chi connectivity index (χ2n) is 5.37. The summed E-state index contributed by atoms with van der Waals surface area (Å²) < 4.78 is 7.14. The molecule has 0 fully saturated rings. The lowest BCUT2D eigenvalue weighted by molar-refractivity contribution is 0.0524. The van der Waals surface area contributed by atoms with E-state index in [0.29, 0.717) is 17.2 Å². The fourth-order valence-electron chi connectivity index (χ4n) is 2.45. The average Bonchev–Trinajstić information content (AvgIpc) is 2.92. The highest BCUT2D eigenvalue weighted by Crippen LogP contribution is 2.28. The zero-order valence-electron chi connectivity index (χ0n) is 13.0. The number of rotatable bonds is 5. The van der Waals surface area contributed by atoms with E-state index in [1.807, 2.05) is 36.7 Å². The summed E-state index contributed by atoms with van der Waals surface area (Å²) in [5, 5.41) is 0.654. The highest BCUT2D eigenvalue weighted by molar-refractivity contribution is 6.30. The summed E-state index contributed by atoms with van der Waals surface area (Å²) in [6.07, 6.45) is 1.88. The smallest absolute Gasteiger partial charge is 0.340 e. The molecule has 2 N–H and O–H groups in total. The number of hydrogen-bond acceptors (Lipinski definition) is 3. The summed E-state index contributed by atoms with van der Waals surface area (Å²) >= 11 is 5.93. The van der Waals surface area contributed by atoms with Gasteiger partial charge in [-0.25, -0.2) is 4.79 Å². The maximum Gasteiger partial charge on any atom is 0.340 e. The molecule has 2 aromatic rings. The molecular formula is C17H21ClN2O2. The SMILES string of the molecule is CCOC(=O)c1ccn(C(C)C)c1C(N)c1ccc(Cl)cc1. The Labute approximate surface area is 135 Å². The molecule has 1 heterocycles. The van der Waals surface area contributed by atoms with Gasteiger partial charge in [0.2, 0.25) is 0 Å². The topological polar surface area (TPSA) is 57.2 Å². The molecule has 0 aliphatic heterocycles. The van der Waals surface area contributed by atoms with Gasteiger partial charge in [-0.3, -0.25) is 0 Å². The van der Waals surface area contributed by atoms with Gasteiger partial charge in [0.25, 0.3) is 0 Å². The molecule has 0 spiro atoms. The van der Waals surface area contributed by atoms with Crippen LogP contribution in [-0.4, -0.2) is 17.1 Å². The van der Waals surface area contributed by atoms with Gasteiger partial charge in [0.05, 0.1) is 23.9 Å². The zero-order chi connectivity index (χ0) is 16.3. The van der Waals surface area contributed by atoms with Crippen LogP contribution in [0.25, 0.3) is 0 Å². The number of benzene rings is 1. The molecule has 0 amide bonds. The number of hydrogen-bond donors (Lipinski definition) is 1. The van der Waals surface area contributed by atoms with Crippen LogP contribution in [0.2, 0.25) is 5.02 Å². The van der Waals surface area contributed by atoms with Crippen LogP contribution >= 0.6 is 11.6 Å². The molecule has 4 nitrogen and oxygen atoms in total. The van der Waals surface area contributed by atoms with Gasteiger partial charge in [0.1, 0.15) is 0 Å². The third-order valence-electron chi connectivity index (χ3n) is 3.53. The highest BCUT2D eigenvalue weighted by Gasteiger charge is 2.24. The van der Waals surface area contributed by atoms with Crippen molar-refractivity contribution >= 4 is 17.6 Å². The summed E-state index contributed by atoms with van der Waals surface area (Å²) in [5.74, 6) is -0.346. The number of nitrogens with two attached hydrogens (primary N) is 1. The van der Waals surface area contributed by atoms with Crippen molar-refractivity contribution in [2.45, 2.75) is 32.9 Å². The van der Waals surface area contributed by atoms with Gasteiger partial charge < -0.3 is 15.0 Å². The minimum absolute atomic E-state index is 0.191. The fraction of sp³-hybridized carbons (Fsp3) is 0.353. The molecule has 1 aromatic carbocycles. The molecule has 0 aliphatic carbocycles. The first-order valence-corrected chi connectivity index (χ1v) is 7.72. The number of esters is 1. The molecule has 0 aliphatic rings. The summed E-state index contributed by atoms with van der Waals surface area (Å²) in [7, 11) is 0. The normalized spacial score (nSPS) is 12.5. The molecule has 0 radical (unpaired) electrons. The Balaban J connectivity index is 2.48. The van der Waals surface area contributed by atoms with Crippen molar-refractivity contribution in [1.29, 1.82) is 0 Å². The third kappa shape index (κ3) is 3.34. The van der Waals surface area contributed by atoms with Gasteiger partial charge in [-0.15, -0.1) is 0 Å². The van der Waals surface area contributed by atoms with E-state index < -0.39 is 6.04 Å². The molecule has 0 saturated carbocycles. The Kier molecular flexibility index (Phi) is 5.27. The third-order valence-corrected chi connectivity index (χ3v) is 3.78. The van der Waals surface area contributed by atoms with Crippen molar-refractivity contribution in [2.75, 3.05) is 6.61 Å². The Hall–Kier alpha value is -1.78. The van der Waals surface area contributed by atoms with Crippen molar-refractivity contribution in [3.05, 3.63) is 58.4 Å². The van der Waals surface area contributed by atoms with Crippen molar-refractivity contribution in [1.82, 2.24) is 4.57 Å². The number of ether oxygens (including phenoxy) is 1. The molecule has 1 unspecified atom stereocenters. The Morgan fingerprint density at radius 2 is 1.91 bits per heavy atom. The van der Waals surface area contributed by atoms with Crippen LogP contribution in [0.1, 0.15) is 54.5 Å². The van der Waals surface area contributed by atoms with Crippen LogP contribution in [0.5, 0.6) is 0 Å². The summed E-state index contributed by atoms with van der Waals surface area (Å²) in [4.78, 5) is 12.2. The number of nitrogens with zero attached hydrogens (tertiary/aromatic N) is 1. The van der Waals surface area contributed by atoms with E-state index in [-0.39, 0.29) is 12.0 Å². The molecule has 118 valence electrons. The lowest BCUT2D eigenvalue weighted by Gasteiger charge is -2.20. The summed E-state index contributed by atoms with van der Waals surface area (Å²) in [6, 6.07) is 8.88. The average molecular weight is 321 g/mol. The second-order valence-corrected chi connectivity index (χ2v) is 5.80. The van der Waals surface area contributed by atoms with E-state index in [4.69, 9.17) is 22.1 Å².